The fourth-order valence-electron chi connectivity index (χ4n) is 6.86. The molecule has 1 aliphatic rings. The maximum Gasteiger partial charge on any atom is 0.327 e. The number of amides is 10. The smallest absolute Gasteiger partial charge is 0.327 e. The third-order valence-corrected chi connectivity index (χ3v) is 11.5. The van der Waals surface area contributed by atoms with E-state index in [1.54, 1.807) is 13.8 Å². The number of aliphatic carboxylic acids is 1. The summed E-state index contributed by atoms with van der Waals surface area (Å²) < 4.78 is 0. The Labute approximate surface area is 401 Å². The van der Waals surface area contributed by atoms with E-state index in [2.05, 4.69) is 55.2 Å². The van der Waals surface area contributed by atoms with Crippen LogP contribution in [0, 0.1) is 11.8 Å². The monoisotopic (exact) mass is 987 g/mol. The Hall–Kier alpha value is -5.60. The molecule has 386 valence electrons. The topological polar surface area (TPSA) is 406 Å². The summed E-state index contributed by atoms with van der Waals surface area (Å²) in [6.45, 7) is 10.8. The number of nitrogens with zero attached hydrogens (tertiary/aromatic N) is 1. The van der Waals surface area contributed by atoms with E-state index in [1.165, 1.54) is 25.7 Å². The maximum atomic E-state index is 13.6. The molecule has 16 N–H and O–H groups in total. The lowest BCUT2D eigenvalue weighted by molar-refractivity contribution is -0.142. The summed E-state index contributed by atoms with van der Waals surface area (Å²) in [5.74, 6) is -10.3. The zero-order chi connectivity index (χ0) is 52.0. The van der Waals surface area contributed by atoms with E-state index in [1.807, 2.05) is 13.8 Å². The zero-order valence-corrected chi connectivity index (χ0v) is 40.8. The number of hydrogen-bond acceptors (Lipinski definition) is 15. The first-order chi connectivity index (χ1) is 31.8. The molecule has 1 saturated heterocycles. The van der Waals surface area contributed by atoms with Gasteiger partial charge in [-0.1, -0.05) is 34.1 Å². The summed E-state index contributed by atoms with van der Waals surface area (Å²) in [6, 6.07) is -11.5. The highest BCUT2D eigenvalue weighted by Crippen LogP contribution is 2.21. The van der Waals surface area contributed by atoms with Crippen LogP contribution < -0.4 is 59.7 Å². The van der Waals surface area contributed by atoms with Gasteiger partial charge in [0.05, 0.1) is 25.1 Å². The van der Waals surface area contributed by atoms with Gasteiger partial charge < -0.3 is 74.8 Å². The minimum absolute atomic E-state index is 0.00618. The number of thiol groups is 1. The first kappa shape index (κ1) is 60.4. The number of carboxylic acid groups (broad SMARTS) is 1. The molecular formula is C42H74N12O13S. The van der Waals surface area contributed by atoms with Gasteiger partial charge in [-0.25, -0.2) is 4.79 Å². The van der Waals surface area contributed by atoms with Crippen molar-refractivity contribution in [2.45, 2.75) is 160 Å². The number of carbonyl (C=O) groups is 11. The number of rotatable bonds is 30. The molecule has 26 heteroatoms. The molecule has 1 fully saturated rings. The molecular weight excluding hydrogens is 913 g/mol. The fraction of sp³-hybridized carbons (Fsp3) is 0.738. The highest BCUT2D eigenvalue weighted by molar-refractivity contribution is 7.80. The zero-order valence-electron chi connectivity index (χ0n) is 39.9. The molecule has 0 aromatic heterocycles. The largest absolute Gasteiger partial charge is 0.480 e. The molecule has 0 aliphatic carbocycles. The predicted molar refractivity (Wildman–Crippen MR) is 249 cm³/mol. The van der Waals surface area contributed by atoms with Gasteiger partial charge in [0.25, 0.3) is 0 Å². The van der Waals surface area contributed by atoms with Crippen LogP contribution >= 0.6 is 12.6 Å². The molecule has 1 rings (SSSR count). The average Bonchev–Trinajstić information content (AvgIpc) is 3.77. The number of aliphatic hydroxyl groups is 1. The number of primary amides is 1. The van der Waals surface area contributed by atoms with Gasteiger partial charge in [-0.2, -0.15) is 12.6 Å². The van der Waals surface area contributed by atoms with Gasteiger partial charge in [-0.3, -0.25) is 47.9 Å². The molecule has 25 nitrogen and oxygen atoms in total. The number of nitrogens with one attached hydrogen (secondary N) is 8. The van der Waals surface area contributed by atoms with Crippen molar-refractivity contribution in [3.8, 4) is 0 Å². The molecule has 0 spiro atoms. The Morgan fingerprint density at radius 2 is 1.28 bits per heavy atom. The lowest BCUT2D eigenvalue weighted by atomic mass is 9.98. The molecule has 0 saturated carbocycles. The minimum Gasteiger partial charge on any atom is -0.480 e. The molecule has 0 radical (unpaired) electrons. The van der Waals surface area contributed by atoms with Gasteiger partial charge in [0.15, 0.2) is 0 Å². The second kappa shape index (κ2) is 30.0. The summed E-state index contributed by atoms with van der Waals surface area (Å²) >= 11 is 3.93. The maximum absolute atomic E-state index is 13.6. The van der Waals surface area contributed by atoms with E-state index in [-0.39, 0.29) is 43.5 Å². The molecule has 0 aromatic rings. The van der Waals surface area contributed by atoms with Crippen molar-refractivity contribution in [2.75, 3.05) is 25.4 Å². The van der Waals surface area contributed by atoms with Crippen LogP contribution in [-0.4, -0.2) is 166 Å². The second-order valence-corrected chi connectivity index (χ2v) is 17.8. The number of aliphatic hydroxyl groups excluding tert-OH is 1. The summed E-state index contributed by atoms with van der Waals surface area (Å²) in [4.78, 5) is 143. The summed E-state index contributed by atoms with van der Waals surface area (Å²) in [6.07, 6.45) is 0.113. The molecule has 10 amide bonds. The highest BCUT2D eigenvalue weighted by atomic mass is 32.1. The van der Waals surface area contributed by atoms with Gasteiger partial charge in [0.1, 0.15) is 48.3 Å². The van der Waals surface area contributed by atoms with Crippen LogP contribution in [0.2, 0.25) is 0 Å². The molecule has 68 heavy (non-hydrogen) atoms. The predicted octanol–water partition coefficient (Wildman–Crippen LogP) is -4.65. The van der Waals surface area contributed by atoms with E-state index in [4.69, 9.17) is 17.2 Å². The quantitative estimate of drug-likeness (QED) is 0.0238. The number of carboxylic acids is 1. The number of nitrogens with two attached hydrogens (primary N) is 3. The minimum atomic E-state index is -1.64. The number of unbranched alkanes of at least 4 members (excludes halogenated alkanes) is 1. The standard InChI is InChI=1S/C42H74N12O13S/c1-8-21(4)32(45)41(65)54-15-11-13-29(54)39(63)53-33(24(7)55)40(64)48-23(6)35(59)47-22(5)34(58)46-18-31(57)49-25(12-9-10-14-43)36(60)51-27(17-30(44)56)38(62)50-26(16-20(2)3)37(61)52-28(19-68)42(66)67/h20-29,32-33,55,68H,8-19,43,45H2,1-7H3,(H2,44,56)(H,46,58)(H,47,59)(H,48,64)(H,49,57)(H,50,62)(H,51,60)(H,52,61)(H,53,63)(H,66,67)/t21-,22-,23-,24+,25-,26-,27-,28-,29-,32-,33-/m0/s1. The lowest BCUT2D eigenvalue weighted by Gasteiger charge is -2.30. The number of hydrogen-bond donors (Lipinski definition) is 14. The van der Waals surface area contributed by atoms with E-state index < -0.39 is 138 Å². The third-order valence-electron chi connectivity index (χ3n) is 11.1. The van der Waals surface area contributed by atoms with Gasteiger partial charge in [-0.15, -0.1) is 0 Å². The van der Waals surface area contributed by atoms with E-state index >= 15 is 0 Å². The van der Waals surface area contributed by atoms with Crippen LogP contribution in [0.1, 0.15) is 99.8 Å². The van der Waals surface area contributed by atoms with Gasteiger partial charge >= 0.3 is 5.97 Å². The fourth-order valence-corrected chi connectivity index (χ4v) is 7.11. The Kier molecular flexibility index (Phi) is 26.7. The molecule has 0 unspecified atom stereocenters. The first-order valence-corrected chi connectivity index (χ1v) is 23.4. The average molecular weight is 987 g/mol. The van der Waals surface area contributed by atoms with Crippen LogP contribution in [0.15, 0.2) is 0 Å². The molecule has 0 aromatic carbocycles. The summed E-state index contributed by atoms with van der Waals surface area (Å²) in [5, 5.41) is 38.9. The van der Waals surface area contributed by atoms with E-state index in [0.29, 0.717) is 32.1 Å². The second-order valence-electron chi connectivity index (χ2n) is 17.4. The normalized spacial score (nSPS) is 17.8. The van der Waals surface area contributed by atoms with Crippen molar-refractivity contribution in [3.05, 3.63) is 0 Å². The highest BCUT2D eigenvalue weighted by Gasteiger charge is 2.40. The molecule has 1 aliphatic heterocycles. The van der Waals surface area contributed by atoms with Crippen LogP contribution in [0.25, 0.3) is 0 Å². The van der Waals surface area contributed by atoms with Gasteiger partial charge in [0, 0.05) is 12.3 Å². The van der Waals surface area contributed by atoms with Gasteiger partial charge in [0.2, 0.25) is 59.1 Å². The lowest BCUT2D eigenvalue weighted by Crippen LogP contribution is -2.60. The first-order valence-electron chi connectivity index (χ1n) is 22.7. The van der Waals surface area contributed by atoms with Crippen molar-refractivity contribution in [2.24, 2.45) is 29.0 Å². The van der Waals surface area contributed by atoms with E-state index in [9.17, 15) is 63.0 Å². The number of carbonyl (C=O) groups excluding carboxylic acids is 10. The van der Waals surface area contributed by atoms with Crippen LogP contribution in [0.5, 0.6) is 0 Å². The summed E-state index contributed by atoms with van der Waals surface area (Å²) in [7, 11) is 0. The van der Waals surface area contributed by atoms with Crippen molar-refractivity contribution >= 4 is 77.7 Å². The molecule has 0 bridgehead atoms. The Morgan fingerprint density at radius 3 is 1.82 bits per heavy atom. The molecule has 11 atom stereocenters. The van der Waals surface area contributed by atoms with Crippen LogP contribution in [-0.2, 0) is 52.7 Å². The van der Waals surface area contributed by atoms with Crippen molar-refractivity contribution in [1.82, 2.24) is 47.4 Å². The Balaban J connectivity index is 2.96. The number of likely N-dealkylation sites (tertiary alicyclic amines) is 1. The third kappa shape index (κ3) is 20.3. The Bertz CT molecular complexity index is 1790. The van der Waals surface area contributed by atoms with Crippen LogP contribution in [0.3, 0.4) is 0 Å². The Morgan fingerprint density at radius 1 is 0.721 bits per heavy atom. The summed E-state index contributed by atoms with van der Waals surface area (Å²) in [5.41, 5.74) is 17.1. The van der Waals surface area contributed by atoms with Gasteiger partial charge in [-0.05, 0) is 77.7 Å². The van der Waals surface area contributed by atoms with Crippen molar-refractivity contribution in [1.29, 1.82) is 0 Å². The van der Waals surface area contributed by atoms with Crippen LogP contribution in [0.4, 0.5) is 0 Å². The molecule has 1 heterocycles. The SMILES string of the molecule is CC[C@H](C)[C@H](N)C(=O)N1CCC[C@H]1C(=O)N[C@H](C(=O)N[C@@H](C)C(=O)N[C@@H](C)C(=O)NCC(=O)N[C@@H](CCCCN)C(=O)N[C@@H](CC(N)=O)C(=O)N[C@@H](CC(C)C)C(=O)N[C@@H](CS)C(=O)O)[C@@H](C)O. The van der Waals surface area contributed by atoms with Crippen molar-refractivity contribution in [3.63, 3.8) is 0 Å². The van der Waals surface area contributed by atoms with Crippen molar-refractivity contribution < 1.29 is 63.0 Å². The van der Waals surface area contributed by atoms with E-state index in [0.717, 1.165) is 0 Å².